The number of halogens is 1. The van der Waals surface area contributed by atoms with Crippen molar-refractivity contribution in [2.45, 2.75) is 51.4 Å². The first-order chi connectivity index (χ1) is 10.8. The summed E-state index contributed by atoms with van der Waals surface area (Å²) in [5.74, 6) is 0.465. The second-order valence-electron chi connectivity index (χ2n) is 6.38. The molecule has 0 bridgehead atoms. The van der Waals surface area contributed by atoms with Crippen LogP contribution in [0.1, 0.15) is 38.7 Å². The fourth-order valence-corrected chi connectivity index (χ4v) is 2.40. The molecule has 5 nitrogen and oxygen atoms in total. The Morgan fingerprint density at radius 1 is 1.52 bits per heavy atom. The minimum atomic E-state index is -1.12. The van der Waals surface area contributed by atoms with Gasteiger partial charge in [0.2, 0.25) is 5.88 Å². The summed E-state index contributed by atoms with van der Waals surface area (Å²) in [6.07, 6.45) is 3.05. The molecule has 0 spiro atoms. The Kier molecular flexibility index (Phi) is 5.58. The summed E-state index contributed by atoms with van der Waals surface area (Å²) in [6, 6.07) is 3.35. The molecule has 1 aromatic heterocycles. The number of hydrogen-bond acceptors (Lipinski definition) is 3. The number of ether oxygens (including phenoxy) is 1. The average molecular weight is 321 g/mol. The zero-order valence-electron chi connectivity index (χ0n) is 13.7. The monoisotopic (exact) mass is 321 g/mol. The molecule has 0 aromatic carbocycles. The van der Waals surface area contributed by atoms with Gasteiger partial charge in [-0.05, 0) is 31.9 Å². The number of alkyl halides is 1. The summed E-state index contributed by atoms with van der Waals surface area (Å²) in [5.41, 5.74) is 0.792. The van der Waals surface area contributed by atoms with Crippen molar-refractivity contribution < 1.29 is 13.9 Å². The topological polar surface area (TPSA) is 63.2 Å². The molecule has 0 aliphatic heterocycles. The molecule has 1 saturated carbocycles. The Morgan fingerprint density at radius 3 is 2.91 bits per heavy atom. The van der Waals surface area contributed by atoms with Gasteiger partial charge in [-0.3, -0.25) is 0 Å². The van der Waals surface area contributed by atoms with E-state index in [1.165, 1.54) is 0 Å². The molecule has 1 aromatic rings. The van der Waals surface area contributed by atoms with Gasteiger partial charge in [0, 0.05) is 38.2 Å². The maximum atomic E-state index is 13.4. The van der Waals surface area contributed by atoms with E-state index in [4.69, 9.17) is 4.74 Å². The number of rotatable bonds is 7. The second kappa shape index (κ2) is 7.44. The molecule has 2 amide bonds. The number of aromatic nitrogens is 1. The summed E-state index contributed by atoms with van der Waals surface area (Å²) >= 11 is 0. The van der Waals surface area contributed by atoms with Crippen molar-refractivity contribution in [3.63, 3.8) is 0 Å². The van der Waals surface area contributed by atoms with Crippen LogP contribution in [0.25, 0.3) is 0 Å². The number of hydrogen-bond donors (Lipinski definition) is 2. The van der Waals surface area contributed by atoms with Crippen molar-refractivity contribution in [1.82, 2.24) is 15.6 Å². The largest absolute Gasteiger partial charge is 0.474 e. The highest BCUT2D eigenvalue weighted by atomic mass is 19.1. The van der Waals surface area contributed by atoms with E-state index in [1.807, 2.05) is 6.92 Å². The van der Waals surface area contributed by atoms with Crippen LogP contribution in [0.2, 0.25) is 0 Å². The van der Waals surface area contributed by atoms with Crippen molar-refractivity contribution in [2.75, 3.05) is 6.54 Å². The second-order valence-corrected chi connectivity index (χ2v) is 6.38. The van der Waals surface area contributed by atoms with E-state index in [2.05, 4.69) is 22.2 Å². The summed E-state index contributed by atoms with van der Waals surface area (Å²) in [6.45, 7) is 8.23. The van der Waals surface area contributed by atoms with Gasteiger partial charge in [0.05, 0.1) is 0 Å². The Hall–Kier alpha value is -2.11. The lowest BCUT2D eigenvalue weighted by Gasteiger charge is -2.38. The zero-order chi connectivity index (χ0) is 16.9. The van der Waals surface area contributed by atoms with Crippen LogP contribution in [-0.2, 0) is 6.54 Å². The van der Waals surface area contributed by atoms with Crippen LogP contribution in [-0.4, -0.2) is 29.3 Å². The van der Waals surface area contributed by atoms with E-state index >= 15 is 0 Å². The molecule has 1 fully saturated rings. The maximum absolute atomic E-state index is 13.4. The lowest BCUT2D eigenvalue weighted by molar-refractivity contribution is -0.0311. The first-order valence-corrected chi connectivity index (χ1v) is 7.81. The number of carbonyl (C=O) groups excluding carboxylic acids is 1. The smallest absolute Gasteiger partial charge is 0.315 e. The van der Waals surface area contributed by atoms with Crippen LogP contribution in [0.15, 0.2) is 30.5 Å². The Balaban J connectivity index is 1.74. The van der Waals surface area contributed by atoms with Crippen molar-refractivity contribution in [2.24, 2.45) is 0 Å². The standard InChI is InChI=1S/C17H24FN3O2/c1-12(2)4-6-20-16(22)21-11-13-5-7-19-15(8-13)23-14-9-17(3,18)10-14/h5,7-8,14H,1,4,6,9-11H2,2-3H3,(H2,20,21,22). The number of nitrogens with one attached hydrogen (secondary N) is 2. The van der Waals surface area contributed by atoms with Crippen LogP contribution in [0.3, 0.4) is 0 Å². The van der Waals surface area contributed by atoms with Crippen LogP contribution in [0.4, 0.5) is 9.18 Å². The molecule has 0 radical (unpaired) electrons. The summed E-state index contributed by atoms with van der Waals surface area (Å²) in [5, 5.41) is 5.53. The third-order valence-electron chi connectivity index (χ3n) is 3.68. The van der Waals surface area contributed by atoms with Gasteiger partial charge < -0.3 is 15.4 Å². The van der Waals surface area contributed by atoms with Crippen LogP contribution >= 0.6 is 0 Å². The molecule has 23 heavy (non-hydrogen) atoms. The van der Waals surface area contributed by atoms with Crippen molar-refractivity contribution >= 4 is 6.03 Å². The minimum Gasteiger partial charge on any atom is -0.474 e. The number of urea groups is 1. The summed E-state index contributed by atoms with van der Waals surface area (Å²) < 4.78 is 19.1. The predicted molar refractivity (Wildman–Crippen MR) is 87.1 cm³/mol. The molecule has 0 atom stereocenters. The molecule has 1 aliphatic rings. The highest BCUT2D eigenvalue weighted by Crippen LogP contribution is 2.37. The van der Waals surface area contributed by atoms with Crippen LogP contribution in [0, 0.1) is 0 Å². The molecular weight excluding hydrogens is 297 g/mol. The zero-order valence-corrected chi connectivity index (χ0v) is 13.7. The van der Waals surface area contributed by atoms with Gasteiger partial charge in [-0.1, -0.05) is 5.57 Å². The highest BCUT2D eigenvalue weighted by molar-refractivity contribution is 5.73. The van der Waals surface area contributed by atoms with E-state index in [0.717, 1.165) is 17.6 Å². The Bertz CT molecular complexity index is 567. The Labute approximate surface area is 136 Å². The van der Waals surface area contributed by atoms with E-state index in [1.54, 1.807) is 25.3 Å². The predicted octanol–water partition coefficient (Wildman–Crippen LogP) is 3.12. The third-order valence-corrected chi connectivity index (χ3v) is 3.68. The van der Waals surface area contributed by atoms with Gasteiger partial charge in [-0.15, -0.1) is 6.58 Å². The Morgan fingerprint density at radius 2 is 2.26 bits per heavy atom. The average Bonchev–Trinajstić information content (AvgIpc) is 2.43. The minimum absolute atomic E-state index is 0.119. The molecule has 1 heterocycles. The summed E-state index contributed by atoms with van der Waals surface area (Å²) in [7, 11) is 0. The molecule has 6 heteroatoms. The molecule has 2 N–H and O–H groups in total. The van der Waals surface area contributed by atoms with Gasteiger partial charge in [0.25, 0.3) is 0 Å². The number of nitrogens with zero attached hydrogens (tertiary/aromatic N) is 1. The van der Waals surface area contributed by atoms with Crippen molar-refractivity contribution in [1.29, 1.82) is 0 Å². The lowest BCUT2D eigenvalue weighted by Crippen LogP contribution is -2.44. The molecule has 2 rings (SSSR count). The van der Waals surface area contributed by atoms with E-state index < -0.39 is 5.67 Å². The van der Waals surface area contributed by atoms with Gasteiger partial charge in [0.1, 0.15) is 11.8 Å². The maximum Gasteiger partial charge on any atom is 0.315 e. The van der Waals surface area contributed by atoms with E-state index in [-0.39, 0.29) is 12.1 Å². The van der Waals surface area contributed by atoms with Gasteiger partial charge in [-0.25, -0.2) is 14.2 Å². The van der Waals surface area contributed by atoms with Gasteiger partial charge in [-0.2, -0.15) is 0 Å². The molecular formula is C17H24FN3O2. The van der Waals surface area contributed by atoms with Crippen LogP contribution in [0.5, 0.6) is 5.88 Å². The molecule has 0 saturated heterocycles. The molecule has 126 valence electrons. The van der Waals surface area contributed by atoms with Gasteiger partial charge >= 0.3 is 6.03 Å². The molecule has 0 unspecified atom stereocenters. The normalized spacial score (nSPS) is 22.8. The number of pyridine rings is 1. The van der Waals surface area contributed by atoms with E-state index in [9.17, 15) is 9.18 Å². The first-order valence-electron chi connectivity index (χ1n) is 7.81. The van der Waals surface area contributed by atoms with Gasteiger partial charge in [0.15, 0.2) is 0 Å². The van der Waals surface area contributed by atoms with Crippen molar-refractivity contribution in [3.8, 4) is 5.88 Å². The highest BCUT2D eigenvalue weighted by Gasteiger charge is 2.42. The third kappa shape index (κ3) is 5.88. The fourth-order valence-electron chi connectivity index (χ4n) is 2.40. The fraction of sp³-hybridized carbons (Fsp3) is 0.529. The quantitative estimate of drug-likeness (QED) is 0.759. The van der Waals surface area contributed by atoms with Crippen LogP contribution < -0.4 is 15.4 Å². The van der Waals surface area contributed by atoms with E-state index in [0.29, 0.717) is 31.8 Å². The summed E-state index contributed by atoms with van der Waals surface area (Å²) in [4.78, 5) is 15.8. The lowest BCUT2D eigenvalue weighted by atomic mass is 9.81. The molecule has 1 aliphatic carbocycles. The SMILES string of the molecule is C=C(C)CCNC(=O)NCc1ccnc(OC2CC(C)(F)C2)c1. The van der Waals surface area contributed by atoms with Crippen molar-refractivity contribution in [3.05, 3.63) is 36.0 Å². The first kappa shape index (κ1) is 17.2. The number of carbonyl (C=O) groups is 1. The number of amides is 2.